The van der Waals surface area contributed by atoms with Crippen LogP contribution in [0.3, 0.4) is 0 Å². The van der Waals surface area contributed by atoms with Crippen molar-refractivity contribution in [2.75, 3.05) is 6.61 Å². The molecule has 0 fully saturated rings. The van der Waals surface area contributed by atoms with E-state index in [1.807, 2.05) is 0 Å². The van der Waals surface area contributed by atoms with E-state index < -0.39 is 6.72 Å². The molecule has 0 amide bonds. The molecule has 0 aliphatic heterocycles. The van der Waals surface area contributed by atoms with Gasteiger partial charge in [0, 0.05) is 6.61 Å². The van der Waals surface area contributed by atoms with Crippen molar-refractivity contribution in [1.82, 2.24) is 0 Å². The van der Waals surface area contributed by atoms with Crippen LogP contribution in [0.2, 0.25) is 0 Å². The third-order valence-electron chi connectivity index (χ3n) is 1.68. The van der Waals surface area contributed by atoms with Crippen molar-refractivity contribution < 1.29 is 33.8 Å². The summed E-state index contributed by atoms with van der Waals surface area (Å²) in [7, 11) is 0. The fourth-order valence-electron chi connectivity index (χ4n) is 1.01. The molecule has 0 atom stereocenters. The summed E-state index contributed by atoms with van der Waals surface area (Å²) in [6.45, 7) is 0.683. The van der Waals surface area contributed by atoms with Crippen LogP contribution in [0.25, 0.3) is 0 Å². The van der Waals surface area contributed by atoms with Crippen LogP contribution in [-0.4, -0.2) is 6.61 Å². The molecule has 0 bridgehead atoms. The number of hydrogen-bond acceptors (Lipinski definition) is 4. The Hall–Kier alpha value is 1.15. The van der Waals surface area contributed by atoms with E-state index in [9.17, 15) is 9.79 Å². The molecule has 80 valence electrons. The molecule has 0 spiro atoms. The molecule has 0 aromatic rings. The zero-order valence-corrected chi connectivity index (χ0v) is 13.6. The van der Waals surface area contributed by atoms with Crippen molar-refractivity contribution >= 4 is 18.5 Å². The second-order valence-corrected chi connectivity index (χ2v) is 6.02. The molecule has 0 saturated carbocycles. The predicted octanol–water partition coefficient (Wildman–Crippen LogP) is 1.16. The summed E-state index contributed by atoms with van der Waals surface area (Å²) in [6, 6.07) is 0. The molecule has 0 heterocycles. The minimum atomic E-state index is -3.90. The molecule has 0 aromatic carbocycles. The largest absolute Gasteiger partial charge is 2.00 e. The van der Waals surface area contributed by atoms with Crippen molar-refractivity contribution in [1.29, 1.82) is 0 Å². The average molecular weight is 290 g/mol. The minimum Gasteiger partial charge on any atom is -0.812 e. The summed E-state index contributed by atoms with van der Waals surface area (Å²) in [4.78, 5) is 20.8. The van der Waals surface area contributed by atoms with Gasteiger partial charge in [-0.2, -0.15) is 0 Å². The van der Waals surface area contributed by atoms with Gasteiger partial charge in [-0.15, -0.1) is 11.8 Å². The fourth-order valence-corrected chi connectivity index (χ4v) is 1.58. The fraction of sp³-hybridized carbons (Fsp3) is 1.00. The van der Waals surface area contributed by atoms with E-state index in [-0.39, 0.29) is 26.1 Å². The molecule has 0 unspecified atom stereocenters. The van der Waals surface area contributed by atoms with Crippen LogP contribution >= 0.6 is 6.72 Å². The summed E-state index contributed by atoms with van der Waals surface area (Å²) in [5.41, 5.74) is 0. The first-order valence-electron chi connectivity index (χ1n) is 4.58. The third-order valence-corrected chi connectivity index (χ3v) is 2.49. The van der Waals surface area contributed by atoms with Gasteiger partial charge >= 0.3 is 19.5 Å². The van der Waals surface area contributed by atoms with Crippen LogP contribution in [0.4, 0.5) is 0 Å². The molecule has 0 rings (SSSR count). The quantitative estimate of drug-likeness (QED) is 0.401. The second-order valence-electron chi connectivity index (χ2n) is 3.52. The summed E-state index contributed by atoms with van der Waals surface area (Å²) in [6.07, 6.45) is 4.09. The van der Waals surface area contributed by atoms with Crippen LogP contribution < -0.4 is 9.79 Å². The maximum Gasteiger partial charge on any atom is 2.00 e. The third kappa shape index (κ3) is 15.6. The molecule has 3 nitrogen and oxygen atoms in total. The van der Waals surface area contributed by atoms with Gasteiger partial charge in [-0.05, 0) is 12.3 Å². The number of unbranched alkanes of at least 4 members (excludes halogenated alkanes) is 2. The summed E-state index contributed by atoms with van der Waals surface area (Å²) in [5, 5.41) is 0. The van der Waals surface area contributed by atoms with Crippen molar-refractivity contribution in [3.63, 3.8) is 0 Å². The molecular formula is C8H17O3PSZn. The predicted molar refractivity (Wildman–Crippen MR) is 53.5 cm³/mol. The molecule has 6 heteroatoms. The average Bonchev–Trinajstić information content (AvgIpc) is 1.93. The molecule has 0 aliphatic carbocycles. The van der Waals surface area contributed by atoms with E-state index in [2.05, 4.69) is 30.2 Å². The van der Waals surface area contributed by atoms with Crippen molar-refractivity contribution in [3.05, 3.63) is 0 Å². The van der Waals surface area contributed by atoms with Gasteiger partial charge < -0.3 is 14.3 Å². The van der Waals surface area contributed by atoms with Crippen molar-refractivity contribution in [3.8, 4) is 0 Å². The normalized spacial score (nSPS) is 11.5. The Morgan fingerprint density at radius 2 is 1.79 bits per heavy atom. The zero-order chi connectivity index (χ0) is 10.3. The summed E-state index contributed by atoms with van der Waals surface area (Å²) >= 11 is 4.08. The minimum absolute atomic E-state index is 0. The zero-order valence-electron chi connectivity index (χ0n) is 8.90. The Labute approximate surface area is 104 Å². The smallest absolute Gasteiger partial charge is 0.812 e. The van der Waals surface area contributed by atoms with Gasteiger partial charge in [0.1, 0.15) is 0 Å². The van der Waals surface area contributed by atoms with Crippen LogP contribution in [0.5, 0.6) is 0 Å². The van der Waals surface area contributed by atoms with Crippen molar-refractivity contribution in [2.45, 2.75) is 39.5 Å². The van der Waals surface area contributed by atoms with E-state index in [4.69, 9.17) is 0 Å². The Kier molecular flexibility index (Phi) is 11.8. The van der Waals surface area contributed by atoms with Crippen LogP contribution in [0.1, 0.15) is 39.5 Å². The monoisotopic (exact) mass is 288 g/mol. The van der Waals surface area contributed by atoms with Gasteiger partial charge in [0.05, 0.1) is 0 Å². The molecule has 0 aliphatic rings. The van der Waals surface area contributed by atoms with Crippen LogP contribution in [0, 0.1) is 5.92 Å². The van der Waals surface area contributed by atoms with Gasteiger partial charge in [0.25, 0.3) is 0 Å². The number of hydrogen-bond donors (Lipinski definition) is 0. The molecule has 0 radical (unpaired) electrons. The number of rotatable bonds is 7. The van der Waals surface area contributed by atoms with E-state index in [1.54, 1.807) is 0 Å². The van der Waals surface area contributed by atoms with Gasteiger partial charge in [-0.25, -0.2) is 0 Å². The first kappa shape index (κ1) is 17.5. The van der Waals surface area contributed by atoms with Gasteiger partial charge in [-0.1, -0.05) is 39.8 Å². The first-order valence-corrected chi connectivity index (χ1v) is 7.14. The molecule has 14 heavy (non-hydrogen) atoms. The SMILES string of the molecule is CC(C)CCCCCOP([O-])([O-])=S.[Zn+2]. The Morgan fingerprint density at radius 3 is 2.21 bits per heavy atom. The Morgan fingerprint density at radius 1 is 1.21 bits per heavy atom. The van der Waals surface area contributed by atoms with E-state index >= 15 is 0 Å². The van der Waals surface area contributed by atoms with Gasteiger partial charge in [0.2, 0.25) is 0 Å². The summed E-state index contributed by atoms with van der Waals surface area (Å²) < 4.78 is 4.45. The topological polar surface area (TPSA) is 55.3 Å². The molecular weight excluding hydrogens is 273 g/mol. The van der Waals surface area contributed by atoms with E-state index in [0.717, 1.165) is 19.3 Å². The first-order chi connectivity index (χ1) is 5.92. The van der Waals surface area contributed by atoms with E-state index in [1.165, 1.54) is 6.42 Å². The standard InChI is InChI=1S/C8H19O3PS.Zn/c1-8(2)6-4-3-5-7-11-12(9,10)13;/h8H,3-7H2,1-2H3,(H2,9,10,13);/q;+2/p-2. The molecule has 0 aromatic heterocycles. The molecule has 0 saturated heterocycles. The van der Waals surface area contributed by atoms with Gasteiger partial charge in [0.15, 0.2) is 0 Å². The van der Waals surface area contributed by atoms with Crippen LogP contribution in [0.15, 0.2) is 0 Å². The summed E-state index contributed by atoms with van der Waals surface area (Å²) in [5.74, 6) is 0.713. The van der Waals surface area contributed by atoms with E-state index in [0.29, 0.717) is 5.92 Å². The Balaban J connectivity index is 0. The molecule has 0 N–H and O–H groups in total. The Bertz CT molecular complexity index is 172. The second kappa shape index (κ2) is 9.38. The maximum absolute atomic E-state index is 10.4. The van der Waals surface area contributed by atoms with Crippen LogP contribution in [-0.2, 0) is 35.8 Å². The van der Waals surface area contributed by atoms with Gasteiger partial charge in [-0.3, -0.25) is 0 Å². The maximum atomic E-state index is 10.4. The van der Waals surface area contributed by atoms with Crippen molar-refractivity contribution in [2.24, 2.45) is 5.92 Å².